The molecule has 0 fully saturated rings. The largest absolute Gasteiger partial charge is 0.497 e. The van der Waals surface area contributed by atoms with Crippen molar-refractivity contribution >= 4 is 5.84 Å². The van der Waals surface area contributed by atoms with Crippen LogP contribution in [0.5, 0.6) is 5.75 Å². The van der Waals surface area contributed by atoms with Crippen LogP contribution in [0.2, 0.25) is 0 Å². The Hall–Kier alpha value is -4.02. The van der Waals surface area contributed by atoms with Crippen molar-refractivity contribution in [3.63, 3.8) is 0 Å². The molecule has 2 aromatic carbocycles. The lowest BCUT2D eigenvalue weighted by atomic mass is 10.0. The van der Waals surface area contributed by atoms with Crippen LogP contribution in [0.3, 0.4) is 0 Å². The lowest BCUT2D eigenvalue weighted by molar-refractivity contribution is -0.138. The summed E-state index contributed by atoms with van der Waals surface area (Å²) in [6.07, 6.45) is -3.48. The minimum absolute atomic E-state index is 0.114. The molecule has 32 heavy (non-hydrogen) atoms. The second-order valence-corrected chi connectivity index (χ2v) is 6.86. The van der Waals surface area contributed by atoms with E-state index in [2.05, 4.69) is 5.16 Å². The normalized spacial score (nSPS) is 12.1. The monoisotopic (exact) mass is 448 g/mol. The van der Waals surface area contributed by atoms with Crippen molar-refractivity contribution in [2.75, 3.05) is 7.11 Å². The smallest absolute Gasteiger partial charge is 0.416 e. The minimum Gasteiger partial charge on any atom is -0.497 e. The van der Waals surface area contributed by atoms with Crippen LogP contribution in [0.25, 0.3) is 5.69 Å². The first-order chi connectivity index (χ1) is 15.1. The molecule has 1 heterocycles. The quantitative estimate of drug-likeness (QED) is 0.270. The van der Waals surface area contributed by atoms with Crippen molar-refractivity contribution in [2.45, 2.75) is 19.6 Å². The van der Waals surface area contributed by atoms with Crippen LogP contribution in [-0.2, 0) is 12.7 Å². The molecule has 0 aliphatic heterocycles. The Bertz CT molecular complexity index is 1290. The van der Waals surface area contributed by atoms with E-state index in [4.69, 9.17) is 15.7 Å². The summed E-state index contributed by atoms with van der Waals surface area (Å²) in [7, 11) is 1.47. The van der Waals surface area contributed by atoms with E-state index >= 15 is 0 Å². The lowest BCUT2D eigenvalue weighted by Gasteiger charge is -2.16. The number of hydrogen-bond acceptors (Lipinski definition) is 5. The molecular weight excluding hydrogens is 429 g/mol. The van der Waals surface area contributed by atoms with Crippen LogP contribution in [-0.4, -0.2) is 27.3 Å². The summed E-state index contributed by atoms with van der Waals surface area (Å²) in [6.45, 7) is 0.814. The van der Waals surface area contributed by atoms with Gasteiger partial charge in [0.25, 0.3) is 5.56 Å². The average molecular weight is 448 g/mol. The van der Waals surface area contributed by atoms with E-state index in [1.165, 1.54) is 26.2 Å². The number of rotatable bonds is 5. The highest BCUT2D eigenvalue weighted by atomic mass is 19.4. The zero-order valence-electron chi connectivity index (χ0n) is 17.1. The molecule has 3 rings (SSSR count). The van der Waals surface area contributed by atoms with Gasteiger partial charge in [-0.1, -0.05) is 17.3 Å². The molecule has 8 nitrogen and oxygen atoms in total. The molecule has 3 aromatic rings. The summed E-state index contributed by atoms with van der Waals surface area (Å²) in [5.74, 6) is -0.0295. The zero-order chi connectivity index (χ0) is 23.6. The molecule has 0 radical (unpaired) electrons. The standard InChI is InChI=1S/C21H19F3N4O4/c1-12-13(4-3-5-17(12)21(22,23)24)10-28-19(29)16(18(25)26-31)11-27(20(28)30)14-6-8-15(32-2)9-7-14/h3-9,11,31H,10H2,1-2H3,(H2,25,26). The summed E-state index contributed by atoms with van der Waals surface area (Å²) < 4.78 is 46.8. The Morgan fingerprint density at radius 2 is 1.81 bits per heavy atom. The first kappa shape index (κ1) is 22.7. The van der Waals surface area contributed by atoms with E-state index in [-0.39, 0.29) is 16.7 Å². The van der Waals surface area contributed by atoms with E-state index in [0.29, 0.717) is 11.4 Å². The number of nitrogens with zero attached hydrogens (tertiary/aromatic N) is 3. The number of alkyl halides is 3. The summed E-state index contributed by atoms with van der Waals surface area (Å²) in [4.78, 5) is 26.0. The van der Waals surface area contributed by atoms with Crippen LogP contribution in [0, 0.1) is 6.92 Å². The van der Waals surface area contributed by atoms with E-state index < -0.39 is 35.4 Å². The summed E-state index contributed by atoms with van der Waals surface area (Å²) in [5, 5.41) is 11.9. The van der Waals surface area contributed by atoms with Crippen LogP contribution in [0.4, 0.5) is 13.2 Å². The fourth-order valence-corrected chi connectivity index (χ4v) is 3.23. The first-order valence-corrected chi connectivity index (χ1v) is 9.23. The second-order valence-electron chi connectivity index (χ2n) is 6.86. The fourth-order valence-electron chi connectivity index (χ4n) is 3.23. The highest BCUT2D eigenvalue weighted by molar-refractivity contribution is 5.96. The molecule has 0 bridgehead atoms. The van der Waals surface area contributed by atoms with Gasteiger partial charge in [0.2, 0.25) is 0 Å². The number of oxime groups is 1. The highest BCUT2D eigenvalue weighted by Gasteiger charge is 2.33. The Labute approximate surface area is 179 Å². The van der Waals surface area contributed by atoms with Gasteiger partial charge in [0.15, 0.2) is 5.84 Å². The number of methoxy groups -OCH3 is 1. The number of amidine groups is 1. The summed E-state index contributed by atoms with van der Waals surface area (Å²) in [5.41, 5.74) is 3.06. The van der Waals surface area contributed by atoms with Crippen molar-refractivity contribution in [1.82, 2.24) is 9.13 Å². The molecule has 0 aliphatic carbocycles. The number of benzene rings is 2. The average Bonchev–Trinajstić information content (AvgIpc) is 2.76. The number of hydrogen-bond donors (Lipinski definition) is 2. The van der Waals surface area contributed by atoms with Gasteiger partial charge in [0.1, 0.15) is 11.3 Å². The molecule has 0 unspecified atom stereocenters. The van der Waals surface area contributed by atoms with Crippen LogP contribution in [0.15, 0.2) is 63.4 Å². The third kappa shape index (κ3) is 4.22. The third-order valence-electron chi connectivity index (χ3n) is 4.98. The van der Waals surface area contributed by atoms with Gasteiger partial charge in [0, 0.05) is 6.20 Å². The molecule has 0 saturated heterocycles. The Balaban J connectivity index is 2.24. The molecule has 0 aliphatic rings. The van der Waals surface area contributed by atoms with Crippen LogP contribution < -0.4 is 21.7 Å². The lowest BCUT2D eigenvalue weighted by Crippen LogP contribution is -2.43. The maximum atomic E-state index is 13.3. The third-order valence-corrected chi connectivity index (χ3v) is 4.98. The van der Waals surface area contributed by atoms with Crippen LogP contribution >= 0.6 is 0 Å². The van der Waals surface area contributed by atoms with Gasteiger partial charge in [0.05, 0.1) is 24.9 Å². The van der Waals surface area contributed by atoms with E-state index in [1.54, 1.807) is 24.3 Å². The zero-order valence-corrected chi connectivity index (χ0v) is 17.1. The van der Waals surface area contributed by atoms with Crippen molar-refractivity contribution in [3.05, 3.63) is 91.8 Å². The van der Waals surface area contributed by atoms with E-state index in [1.807, 2.05) is 0 Å². The first-order valence-electron chi connectivity index (χ1n) is 9.23. The van der Waals surface area contributed by atoms with Crippen molar-refractivity contribution in [2.24, 2.45) is 10.9 Å². The summed E-state index contributed by atoms with van der Waals surface area (Å²) >= 11 is 0. The molecule has 11 heteroatoms. The summed E-state index contributed by atoms with van der Waals surface area (Å²) in [6, 6.07) is 9.76. The molecule has 0 saturated carbocycles. The maximum absolute atomic E-state index is 13.3. The predicted molar refractivity (Wildman–Crippen MR) is 111 cm³/mol. The highest BCUT2D eigenvalue weighted by Crippen LogP contribution is 2.33. The minimum atomic E-state index is -4.59. The SMILES string of the molecule is COc1ccc(-n2cc(C(N)=NO)c(=O)n(Cc3cccc(C(F)(F)F)c3C)c2=O)cc1. The molecule has 3 N–H and O–H groups in total. The Morgan fingerprint density at radius 3 is 2.38 bits per heavy atom. The van der Waals surface area contributed by atoms with Gasteiger partial charge in [-0.25, -0.2) is 4.79 Å². The van der Waals surface area contributed by atoms with Crippen molar-refractivity contribution in [3.8, 4) is 11.4 Å². The number of halogens is 3. The van der Waals surface area contributed by atoms with Gasteiger partial charge in [-0.05, 0) is 48.4 Å². The van der Waals surface area contributed by atoms with Crippen molar-refractivity contribution in [1.29, 1.82) is 0 Å². The van der Waals surface area contributed by atoms with Gasteiger partial charge >= 0.3 is 11.9 Å². The maximum Gasteiger partial charge on any atom is 0.416 e. The second kappa shape index (κ2) is 8.61. The molecule has 0 amide bonds. The van der Waals surface area contributed by atoms with Gasteiger partial charge in [-0.15, -0.1) is 0 Å². The number of ether oxygens (including phenoxy) is 1. The topological polar surface area (TPSA) is 112 Å². The van der Waals surface area contributed by atoms with Crippen LogP contribution in [0.1, 0.15) is 22.3 Å². The van der Waals surface area contributed by atoms with E-state index in [9.17, 15) is 22.8 Å². The Morgan fingerprint density at radius 1 is 1.16 bits per heavy atom. The van der Waals surface area contributed by atoms with Crippen molar-refractivity contribution < 1.29 is 23.1 Å². The molecule has 0 atom stereocenters. The van der Waals surface area contributed by atoms with Gasteiger partial charge < -0.3 is 15.7 Å². The van der Waals surface area contributed by atoms with E-state index in [0.717, 1.165) is 21.4 Å². The number of nitrogens with two attached hydrogens (primary N) is 1. The molecular formula is C21H19F3N4O4. The van der Waals surface area contributed by atoms with Gasteiger partial charge in [-0.2, -0.15) is 13.2 Å². The fraction of sp³-hybridized carbons (Fsp3) is 0.190. The Kier molecular flexibility index (Phi) is 6.10. The number of aromatic nitrogens is 2. The molecule has 168 valence electrons. The molecule has 1 aromatic heterocycles. The predicted octanol–water partition coefficient (Wildman–Crippen LogP) is 2.48. The van der Waals surface area contributed by atoms with Gasteiger partial charge in [-0.3, -0.25) is 13.9 Å². The molecule has 0 spiro atoms.